The van der Waals surface area contributed by atoms with Gasteiger partial charge in [0.25, 0.3) is 12.3 Å². The lowest BCUT2D eigenvalue weighted by atomic mass is 10.1. The summed E-state index contributed by atoms with van der Waals surface area (Å²) in [5.74, 6) is -0.608. The molecule has 0 radical (unpaired) electrons. The molecule has 2 N–H and O–H groups in total. The fourth-order valence-corrected chi connectivity index (χ4v) is 1.51. The van der Waals surface area contributed by atoms with Crippen LogP contribution in [-0.4, -0.2) is 30.8 Å². The Labute approximate surface area is 96.8 Å². The van der Waals surface area contributed by atoms with Crippen LogP contribution in [0, 0.1) is 0 Å². The van der Waals surface area contributed by atoms with Gasteiger partial charge in [0.1, 0.15) is 0 Å². The topological polar surface area (TPSA) is 46.3 Å². The molecule has 16 heavy (non-hydrogen) atoms. The first kappa shape index (κ1) is 12.7. The number of amides is 1. The maximum Gasteiger partial charge on any atom is 0.257 e. The number of rotatable bonds is 3. The fourth-order valence-electron chi connectivity index (χ4n) is 1.25. The minimum atomic E-state index is -2.59. The van der Waals surface area contributed by atoms with Gasteiger partial charge in [-0.05, 0) is 12.1 Å². The van der Waals surface area contributed by atoms with E-state index in [0.717, 1.165) is 4.90 Å². The highest BCUT2D eigenvalue weighted by atomic mass is 35.5. The molecule has 0 aliphatic heterocycles. The van der Waals surface area contributed by atoms with Gasteiger partial charge in [0, 0.05) is 12.7 Å². The van der Waals surface area contributed by atoms with Crippen molar-refractivity contribution in [3.63, 3.8) is 0 Å². The van der Waals surface area contributed by atoms with E-state index in [4.69, 9.17) is 17.3 Å². The first-order chi connectivity index (χ1) is 7.43. The number of halogens is 3. The predicted molar refractivity (Wildman–Crippen MR) is 58.8 cm³/mol. The van der Waals surface area contributed by atoms with E-state index in [-0.39, 0.29) is 16.3 Å². The van der Waals surface area contributed by atoms with Gasteiger partial charge in [-0.3, -0.25) is 4.79 Å². The summed E-state index contributed by atoms with van der Waals surface area (Å²) in [6.07, 6.45) is -2.59. The van der Waals surface area contributed by atoms with E-state index < -0.39 is 18.9 Å². The summed E-state index contributed by atoms with van der Waals surface area (Å²) < 4.78 is 24.2. The van der Waals surface area contributed by atoms with Crippen LogP contribution in [0.5, 0.6) is 0 Å². The number of hydrogen-bond acceptors (Lipinski definition) is 2. The molecule has 0 saturated carbocycles. The summed E-state index contributed by atoms with van der Waals surface area (Å²) in [4.78, 5) is 12.6. The van der Waals surface area contributed by atoms with Crippen LogP contribution in [0.25, 0.3) is 0 Å². The molecule has 0 aliphatic carbocycles. The smallest absolute Gasteiger partial charge is 0.257 e. The highest BCUT2D eigenvalue weighted by Gasteiger charge is 2.20. The van der Waals surface area contributed by atoms with Crippen molar-refractivity contribution >= 4 is 23.2 Å². The van der Waals surface area contributed by atoms with Crippen molar-refractivity contribution in [2.45, 2.75) is 6.43 Å². The van der Waals surface area contributed by atoms with Gasteiger partial charge in [0.2, 0.25) is 0 Å². The minimum absolute atomic E-state index is 0.0623. The molecule has 88 valence electrons. The highest BCUT2D eigenvalue weighted by molar-refractivity contribution is 6.34. The first-order valence-electron chi connectivity index (χ1n) is 4.51. The predicted octanol–water partition coefficient (Wildman–Crippen LogP) is 2.26. The van der Waals surface area contributed by atoms with Crippen molar-refractivity contribution in [2.75, 3.05) is 19.3 Å². The molecule has 0 saturated heterocycles. The Bertz CT molecular complexity index is 378. The van der Waals surface area contributed by atoms with Crippen molar-refractivity contribution in [3.8, 4) is 0 Å². The maximum atomic E-state index is 12.1. The molecule has 3 nitrogen and oxygen atoms in total. The average molecular weight is 249 g/mol. The molecule has 1 aromatic rings. The number of carbonyl (C=O) groups excluding carboxylic acids is 1. The van der Waals surface area contributed by atoms with Crippen molar-refractivity contribution in [3.05, 3.63) is 28.8 Å². The van der Waals surface area contributed by atoms with Crippen molar-refractivity contribution in [1.82, 2.24) is 4.90 Å². The van der Waals surface area contributed by atoms with E-state index in [1.54, 1.807) is 6.07 Å². The number of nitrogens with zero attached hydrogens (tertiary/aromatic N) is 1. The minimum Gasteiger partial charge on any atom is -0.398 e. The maximum absolute atomic E-state index is 12.1. The second kappa shape index (κ2) is 5.12. The molecular weight excluding hydrogens is 238 g/mol. The Hall–Kier alpha value is -1.36. The third-order valence-corrected chi connectivity index (χ3v) is 2.33. The Balaban J connectivity index is 2.96. The van der Waals surface area contributed by atoms with Gasteiger partial charge >= 0.3 is 0 Å². The largest absolute Gasteiger partial charge is 0.398 e. The quantitative estimate of drug-likeness (QED) is 0.834. The third-order valence-electron chi connectivity index (χ3n) is 2.02. The number of carbonyl (C=O) groups is 1. The zero-order valence-corrected chi connectivity index (χ0v) is 9.34. The van der Waals surface area contributed by atoms with Gasteiger partial charge in [-0.25, -0.2) is 8.78 Å². The molecule has 0 fully saturated rings. The van der Waals surface area contributed by atoms with Crippen LogP contribution < -0.4 is 5.73 Å². The zero-order valence-electron chi connectivity index (χ0n) is 8.58. The van der Waals surface area contributed by atoms with Crippen LogP contribution >= 0.6 is 11.6 Å². The normalized spacial score (nSPS) is 10.6. The molecule has 0 aliphatic rings. The van der Waals surface area contributed by atoms with Crippen LogP contribution in [-0.2, 0) is 0 Å². The van der Waals surface area contributed by atoms with Crippen LogP contribution in [0.1, 0.15) is 10.4 Å². The molecule has 0 aromatic heterocycles. The van der Waals surface area contributed by atoms with Gasteiger partial charge in [-0.15, -0.1) is 0 Å². The van der Waals surface area contributed by atoms with Crippen molar-refractivity contribution in [2.24, 2.45) is 0 Å². The lowest BCUT2D eigenvalue weighted by Gasteiger charge is -2.18. The number of nitrogen functional groups attached to an aromatic ring is 1. The van der Waals surface area contributed by atoms with E-state index >= 15 is 0 Å². The number of anilines is 1. The molecule has 0 bridgehead atoms. The van der Waals surface area contributed by atoms with E-state index in [0.29, 0.717) is 0 Å². The Morgan fingerprint density at radius 1 is 1.56 bits per heavy atom. The summed E-state index contributed by atoms with van der Waals surface area (Å²) in [6, 6.07) is 4.57. The standard InChI is InChI=1S/C10H11ClF2N2O/c1-15(5-8(12)13)10(16)9-6(11)3-2-4-7(9)14/h2-4,8H,5,14H2,1H3. The molecule has 0 unspecified atom stereocenters. The summed E-state index contributed by atoms with van der Waals surface area (Å²) >= 11 is 5.79. The van der Waals surface area contributed by atoms with Gasteiger partial charge < -0.3 is 10.6 Å². The summed E-state index contributed by atoms with van der Waals surface area (Å²) in [7, 11) is 1.28. The zero-order chi connectivity index (χ0) is 12.3. The highest BCUT2D eigenvalue weighted by Crippen LogP contribution is 2.23. The van der Waals surface area contributed by atoms with E-state index in [1.807, 2.05) is 0 Å². The van der Waals surface area contributed by atoms with Crippen LogP contribution in [0.4, 0.5) is 14.5 Å². The number of benzene rings is 1. The number of alkyl halides is 2. The SMILES string of the molecule is CN(CC(F)F)C(=O)c1c(N)cccc1Cl. The van der Waals surface area contributed by atoms with Crippen molar-refractivity contribution < 1.29 is 13.6 Å². The van der Waals surface area contributed by atoms with E-state index in [9.17, 15) is 13.6 Å². The number of hydrogen-bond donors (Lipinski definition) is 1. The summed E-state index contributed by atoms with van der Waals surface area (Å²) in [5.41, 5.74) is 5.81. The lowest BCUT2D eigenvalue weighted by Crippen LogP contribution is -2.32. The Kier molecular flexibility index (Phi) is 4.06. The fraction of sp³-hybridized carbons (Fsp3) is 0.300. The molecule has 6 heteroatoms. The second-order valence-electron chi connectivity index (χ2n) is 3.28. The third kappa shape index (κ3) is 2.82. The van der Waals surface area contributed by atoms with Crippen LogP contribution in [0.2, 0.25) is 5.02 Å². The molecule has 0 atom stereocenters. The molecule has 1 aromatic carbocycles. The van der Waals surface area contributed by atoms with Crippen LogP contribution in [0.15, 0.2) is 18.2 Å². The first-order valence-corrected chi connectivity index (χ1v) is 4.89. The van der Waals surface area contributed by atoms with Gasteiger partial charge in [0.05, 0.1) is 17.1 Å². The monoisotopic (exact) mass is 248 g/mol. The van der Waals surface area contributed by atoms with E-state index in [2.05, 4.69) is 0 Å². The van der Waals surface area contributed by atoms with Gasteiger partial charge in [0.15, 0.2) is 0 Å². The summed E-state index contributed by atoms with van der Waals surface area (Å²) in [5, 5.41) is 0.158. The molecular formula is C10H11ClF2N2O. The van der Waals surface area contributed by atoms with Gasteiger partial charge in [-0.1, -0.05) is 17.7 Å². The van der Waals surface area contributed by atoms with E-state index in [1.165, 1.54) is 19.2 Å². The average Bonchev–Trinajstić information content (AvgIpc) is 2.16. The molecule has 0 spiro atoms. The Morgan fingerprint density at radius 2 is 2.19 bits per heavy atom. The number of nitrogens with two attached hydrogens (primary N) is 1. The lowest BCUT2D eigenvalue weighted by molar-refractivity contribution is 0.0621. The Morgan fingerprint density at radius 3 is 2.69 bits per heavy atom. The van der Waals surface area contributed by atoms with Crippen molar-refractivity contribution in [1.29, 1.82) is 0 Å². The molecule has 0 heterocycles. The van der Waals surface area contributed by atoms with Crippen LogP contribution in [0.3, 0.4) is 0 Å². The molecule has 1 rings (SSSR count). The summed E-state index contributed by atoms with van der Waals surface area (Å²) in [6.45, 7) is -0.649. The second-order valence-corrected chi connectivity index (χ2v) is 3.69. The molecule has 1 amide bonds. The van der Waals surface area contributed by atoms with Gasteiger partial charge in [-0.2, -0.15) is 0 Å².